The van der Waals surface area contributed by atoms with Crippen molar-refractivity contribution in [3.63, 3.8) is 0 Å². The summed E-state index contributed by atoms with van der Waals surface area (Å²) in [6.45, 7) is 2.52. The molecule has 0 radical (unpaired) electrons. The van der Waals surface area contributed by atoms with Gasteiger partial charge in [0.2, 0.25) is 5.91 Å². The zero-order chi connectivity index (χ0) is 26.2. The Bertz CT molecular complexity index is 1310. The van der Waals surface area contributed by atoms with E-state index in [1.54, 1.807) is 7.11 Å². The number of benzene rings is 3. The predicted octanol–water partition coefficient (Wildman–Crippen LogP) is 5.26. The van der Waals surface area contributed by atoms with Gasteiger partial charge in [-0.05, 0) is 72.5 Å². The highest BCUT2D eigenvalue weighted by Crippen LogP contribution is 2.25. The van der Waals surface area contributed by atoms with E-state index in [4.69, 9.17) is 9.47 Å². The molecule has 38 heavy (non-hydrogen) atoms. The van der Waals surface area contributed by atoms with Crippen LogP contribution in [-0.4, -0.2) is 36.3 Å². The maximum absolute atomic E-state index is 13.0. The minimum atomic E-state index is -0.0831. The number of ether oxygens (including phenoxy) is 2. The molecule has 1 unspecified atom stereocenters. The minimum absolute atomic E-state index is 0.0712. The van der Waals surface area contributed by atoms with Gasteiger partial charge in [0.25, 0.3) is 0 Å². The Labute approximate surface area is 223 Å². The van der Waals surface area contributed by atoms with E-state index in [0.717, 1.165) is 59.1 Å². The summed E-state index contributed by atoms with van der Waals surface area (Å²) >= 11 is 0. The van der Waals surface area contributed by atoms with E-state index in [2.05, 4.69) is 20.4 Å². The van der Waals surface area contributed by atoms with Crippen molar-refractivity contribution in [2.75, 3.05) is 25.1 Å². The molecule has 1 saturated heterocycles. The molecule has 1 amide bonds. The second-order valence-corrected chi connectivity index (χ2v) is 9.43. The highest BCUT2D eigenvalue weighted by atomic mass is 16.5. The molecule has 1 aromatic heterocycles. The fourth-order valence-corrected chi connectivity index (χ4v) is 4.59. The van der Waals surface area contributed by atoms with Gasteiger partial charge in [0.05, 0.1) is 18.7 Å². The molecule has 1 aliphatic rings. The highest BCUT2D eigenvalue weighted by molar-refractivity contribution is 5.79. The van der Waals surface area contributed by atoms with Crippen LogP contribution in [-0.2, 0) is 17.9 Å². The van der Waals surface area contributed by atoms with Crippen molar-refractivity contribution < 1.29 is 14.3 Å². The Morgan fingerprint density at radius 3 is 2.37 bits per heavy atom. The van der Waals surface area contributed by atoms with Gasteiger partial charge in [-0.3, -0.25) is 4.79 Å². The quantitative estimate of drug-likeness (QED) is 0.332. The van der Waals surface area contributed by atoms with E-state index >= 15 is 0 Å². The Morgan fingerprint density at radius 2 is 1.66 bits per heavy atom. The smallest absolute Gasteiger partial charge is 0.225 e. The van der Waals surface area contributed by atoms with Crippen molar-refractivity contribution in [3.05, 3.63) is 102 Å². The molecule has 4 aromatic rings. The van der Waals surface area contributed by atoms with Gasteiger partial charge in [-0.25, -0.2) is 0 Å². The lowest BCUT2D eigenvalue weighted by atomic mass is 9.97. The van der Waals surface area contributed by atoms with Crippen LogP contribution in [0, 0.1) is 5.92 Å². The number of hydrogen-bond donors (Lipinski definition) is 1. The molecule has 1 fully saturated rings. The number of anilines is 1. The third kappa shape index (κ3) is 6.48. The van der Waals surface area contributed by atoms with Crippen LogP contribution in [0.15, 0.2) is 91.0 Å². The maximum atomic E-state index is 13.0. The average Bonchev–Trinajstić information content (AvgIpc) is 3.00. The first kappa shape index (κ1) is 25.3. The zero-order valence-corrected chi connectivity index (χ0v) is 21.5. The van der Waals surface area contributed by atoms with Crippen LogP contribution in [0.3, 0.4) is 0 Å². The molecule has 1 atom stereocenters. The van der Waals surface area contributed by atoms with Crippen molar-refractivity contribution in [1.29, 1.82) is 0 Å². The van der Waals surface area contributed by atoms with Crippen LogP contribution < -0.4 is 19.7 Å². The molecule has 5 rings (SSSR count). The summed E-state index contributed by atoms with van der Waals surface area (Å²) in [5.74, 6) is 2.40. The number of methoxy groups -OCH3 is 1. The van der Waals surface area contributed by atoms with E-state index in [1.807, 2.05) is 91.0 Å². The van der Waals surface area contributed by atoms with Crippen LogP contribution in [0.2, 0.25) is 0 Å². The maximum Gasteiger partial charge on any atom is 0.225 e. The monoisotopic (exact) mass is 508 g/mol. The summed E-state index contributed by atoms with van der Waals surface area (Å²) in [5.41, 5.74) is 3.96. The molecule has 0 aliphatic carbocycles. The van der Waals surface area contributed by atoms with E-state index < -0.39 is 0 Å². The Kier molecular flexibility index (Phi) is 8.13. The van der Waals surface area contributed by atoms with Crippen LogP contribution >= 0.6 is 0 Å². The van der Waals surface area contributed by atoms with E-state index in [0.29, 0.717) is 19.7 Å². The standard InChI is InChI=1S/C31H32N4O3/c1-37-27-15-11-25(12-16-27)29-17-18-30(34-33-29)35-19-5-8-26(21-35)31(36)32-20-23-9-13-28(14-10-23)38-22-24-6-3-2-4-7-24/h2-4,6-7,9-18,26H,5,8,19-22H2,1H3,(H,32,36). The van der Waals surface area contributed by atoms with Crippen LogP contribution in [0.25, 0.3) is 11.3 Å². The molecule has 7 heteroatoms. The first-order chi connectivity index (χ1) is 18.7. The molecule has 1 aliphatic heterocycles. The molecule has 0 bridgehead atoms. The number of piperidine rings is 1. The Hall–Kier alpha value is -4.39. The fourth-order valence-electron chi connectivity index (χ4n) is 4.59. The lowest BCUT2D eigenvalue weighted by molar-refractivity contribution is -0.125. The summed E-state index contributed by atoms with van der Waals surface area (Å²) in [6.07, 6.45) is 1.80. The number of carbonyl (C=O) groups is 1. The normalized spacial score (nSPS) is 15.1. The molecule has 3 aromatic carbocycles. The van der Waals surface area contributed by atoms with Crippen molar-refractivity contribution in [3.8, 4) is 22.8 Å². The summed E-state index contributed by atoms with van der Waals surface area (Å²) in [4.78, 5) is 15.1. The Balaban J connectivity index is 1.11. The Morgan fingerprint density at radius 1 is 0.895 bits per heavy atom. The van der Waals surface area contributed by atoms with Crippen LogP contribution in [0.5, 0.6) is 11.5 Å². The van der Waals surface area contributed by atoms with Gasteiger partial charge in [-0.15, -0.1) is 10.2 Å². The second-order valence-electron chi connectivity index (χ2n) is 9.43. The lowest BCUT2D eigenvalue weighted by Crippen LogP contribution is -2.43. The third-order valence-corrected chi connectivity index (χ3v) is 6.79. The van der Waals surface area contributed by atoms with Gasteiger partial charge in [-0.1, -0.05) is 42.5 Å². The molecular weight excluding hydrogens is 476 g/mol. The van der Waals surface area contributed by atoms with Gasteiger partial charge in [0, 0.05) is 25.2 Å². The number of aromatic nitrogens is 2. The zero-order valence-electron chi connectivity index (χ0n) is 21.5. The molecule has 1 N–H and O–H groups in total. The van der Waals surface area contributed by atoms with Gasteiger partial charge >= 0.3 is 0 Å². The second kappa shape index (κ2) is 12.2. The summed E-state index contributed by atoms with van der Waals surface area (Å²) in [7, 11) is 1.65. The number of carbonyl (C=O) groups excluding carboxylic acids is 1. The molecule has 194 valence electrons. The molecule has 2 heterocycles. The average molecular weight is 509 g/mol. The summed E-state index contributed by atoms with van der Waals surface area (Å²) in [5, 5.41) is 12.0. The first-order valence-electron chi connectivity index (χ1n) is 12.9. The van der Waals surface area contributed by atoms with Crippen LogP contribution in [0.4, 0.5) is 5.82 Å². The van der Waals surface area contributed by atoms with Gasteiger partial charge in [0.15, 0.2) is 5.82 Å². The lowest BCUT2D eigenvalue weighted by Gasteiger charge is -2.32. The van der Waals surface area contributed by atoms with E-state index in [9.17, 15) is 4.79 Å². The topological polar surface area (TPSA) is 76.6 Å². The summed E-state index contributed by atoms with van der Waals surface area (Å²) in [6, 6.07) is 29.7. The van der Waals surface area contributed by atoms with Crippen molar-refractivity contribution in [1.82, 2.24) is 15.5 Å². The first-order valence-corrected chi connectivity index (χ1v) is 12.9. The predicted molar refractivity (Wildman–Crippen MR) is 148 cm³/mol. The molecule has 0 saturated carbocycles. The number of rotatable bonds is 9. The van der Waals surface area contributed by atoms with Gasteiger partial charge < -0.3 is 19.7 Å². The largest absolute Gasteiger partial charge is 0.497 e. The SMILES string of the molecule is COc1ccc(-c2ccc(N3CCCC(C(=O)NCc4ccc(OCc5ccccc5)cc4)C3)nn2)cc1. The molecule has 7 nitrogen and oxygen atoms in total. The summed E-state index contributed by atoms with van der Waals surface area (Å²) < 4.78 is 11.1. The van der Waals surface area contributed by atoms with Crippen molar-refractivity contribution >= 4 is 11.7 Å². The van der Waals surface area contributed by atoms with Gasteiger partial charge in [-0.2, -0.15) is 0 Å². The minimum Gasteiger partial charge on any atom is -0.497 e. The van der Waals surface area contributed by atoms with Crippen molar-refractivity contribution in [2.45, 2.75) is 26.0 Å². The highest BCUT2D eigenvalue weighted by Gasteiger charge is 2.26. The number of nitrogens with one attached hydrogen (secondary N) is 1. The van der Waals surface area contributed by atoms with Crippen molar-refractivity contribution in [2.24, 2.45) is 5.92 Å². The third-order valence-electron chi connectivity index (χ3n) is 6.79. The van der Waals surface area contributed by atoms with E-state index in [1.165, 1.54) is 0 Å². The molecule has 0 spiro atoms. The fraction of sp³-hybridized carbons (Fsp3) is 0.258. The van der Waals surface area contributed by atoms with Crippen LogP contribution in [0.1, 0.15) is 24.0 Å². The molecular formula is C31H32N4O3. The number of hydrogen-bond acceptors (Lipinski definition) is 6. The van der Waals surface area contributed by atoms with E-state index in [-0.39, 0.29) is 11.8 Å². The number of amides is 1. The number of nitrogens with zero attached hydrogens (tertiary/aromatic N) is 3. The van der Waals surface area contributed by atoms with Gasteiger partial charge in [0.1, 0.15) is 18.1 Å².